The Morgan fingerprint density at radius 3 is 2.51 bits per heavy atom. The van der Waals surface area contributed by atoms with Gasteiger partial charge in [-0.3, -0.25) is 9.69 Å². The van der Waals surface area contributed by atoms with E-state index in [1.807, 2.05) is 55.5 Å². The third-order valence-electron chi connectivity index (χ3n) is 6.62. The number of carbonyl (C=O) groups is 1. The first-order chi connectivity index (χ1) is 16.9. The molecule has 1 N–H and O–H groups in total. The lowest BCUT2D eigenvalue weighted by atomic mass is 10.1. The zero-order valence-corrected chi connectivity index (χ0v) is 21.5. The average Bonchev–Trinajstić information content (AvgIpc) is 3.33. The van der Waals surface area contributed by atoms with Gasteiger partial charge in [-0.05, 0) is 79.0 Å². The molecule has 1 aromatic heterocycles. The van der Waals surface area contributed by atoms with Crippen LogP contribution in [0.4, 0.5) is 5.69 Å². The molecule has 0 saturated carbocycles. The van der Waals surface area contributed by atoms with E-state index in [-0.39, 0.29) is 5.91 Å². The van der Waals surface area contributed by atoms with Crippen LogP contribution in [0.2, 0.25) is 5.02 Å². The maximum atomic E-state index is 13.4. The van der Waals surface area contributed by atoms with Gasteiger partial charge in [0.2, 0.25) is 0 Å². The molecule has 0 radical (unpaired) electrons. The van der Waals surface area contributed by atoms with Crippen LogP contribution in [0.25, 0.3) is 17.0 Å². The largest absolute Gasteiger partial charge is 0.342 e. The van der Waals surface area contributed by atoms with Gasteiger partial charge in [-0.15, -0.1) is 0 Å². The molecule has 0 unspecified atom stereocenters. The number of carbonyl (C=O) groups excluding carboxylic acids is 1. The number of para-hydroxylation sites is 1. The molecule has 4 aromatic rings. The number of aryl methyl sites for hydroxylation is 3. The van der Waals surface area contributed by atoms with E-state index in [1.165, 1.54) is 11.1 Å². The Hall–Kier alpha value is -3.41. The molecule has 1 saturated heterocycles. The average molecular weight is 500 g/mol. The summed E-state index contributed by atoms with van der Waals surface area (Å²) in [5.41, 5.74) is 7.94. The molecule has 4 nitrogen and oxygen atoms in total. The number of hydrogen-bond donors (Lipinski definition) is 1. The maximum Gasteiger partial charge on any atom is 0.281 e. The van der Waals surface area contributed by atoms with Gasteiger partial charge in [-0.1, -0.05) is 61.0 Å². The Balaban J connectivity index is 1.58. The second-order valence-corrected chi connectivity index (χ2v) is 9.66. The monoisotopic (exact) mass is 499 g/mol. The van der Waals surface area contributed by atoms with Crippen LogP contribution in [-0.2, 0) is 17.8 Å². The van der Waals surface area contributed by atoms with Crippen LogP contribution in [0.1, 0.15) is 34.7 Å². The van der Waals surface area contributed by atoms with E-state index in [2.05, 4.69) is 48.1 Å². The number of anilines is 1. The number of rotatable bonds is 5. The van der Waals surface area contributed by atoms with E-state index < -0.39 is 0 Å². The molecule has 0 aliphatic carbocycles. The van der Waals surface area contributed by atoms with Crippen molar-refractivity contribution in [3.63, 3.8) is 0 Å². The Kier molecular flexibility index (Phi) is 6.22. The molecule has 176 valence electrons. The van der Waals surface area contributed by atoms with Crippen molar-refractivity contribution < 1.29 is 4.79 Å². The lowest BCUT2D eigenvalue weighted by Crippen LogP contribution is -2.30. The van der Waals surface area contributed by atoms with Crippen LogP contribution in [0.15, 0.2) is 72.6 Å². The highest BCUT2D eigenvalue weighted by molar-refractivity contribution is 7.80. The topological polar surface area (TPSA) is 37.3 Å². The zero-order chi connectivity index (χ0) is 24.7. The van der Waals surface area contributed by atoms with E-state index >= 15 is 0 Å². The number of benzene rings is 3. The van der Waals surface area contributed by atoms with Gasteiger partial charge < -0.3 is 9.88 Å². The summed E-state index contributed by atoms with van der Waals surface area (Å²) in [6, 6.07) is 20.1. The summed E-state index contributed by atoms with van der Waals surface area (Å²) in [6.07, 6.45) is 4.90. The number of halogens is 1. The fraction of sp³-hybridized carbons (Fsp3) is 0.172. The van der Waals surface area contributed by atoms with Crippen LogP contribution in [0, 0.1) is 13.8 Å². The van der Waals surface area contributed by atoms with Crippen molar-refractivity contribution in [1.82, 2.24) is 9.88 Å². The summed E-state index contributed by atoms with van der Waals surface area (Å²) in [5.74, 6) is -0.156. The van der Waals surface area contributed by atoms with Gasteiger partial charge in [0, 0.05) is 28.7 Å². The minimum absolute atomic E-state index is 0.156. The third-order valence-corrected chi connectivity index (χ3v) is 7.27. The van der Waals surface area contributed by atoms with Gasteiger partial charge in [0.05, 0.1) is 11.2 Å². The molecule has 3 aromatic carbocycles. The Morgan fingerprint density at radius 2 is 1.77 bits per heavy atom. The van der Waals surface area contributed by atoms with Crippen molar-refractivity contribution in [2.75, 3.05) is 4.90 Å². The molecule has 35 heavy (non-hydrogen) atoms. The highest BCUT2D eigenvalue weighted by atomic mass is 35.5. The fourth-order valence-corrected chi connectivity index (χ4v) is 5.08. The molecular formula is C29H26ClN3OS. The van der Waals surface area contributed by atoms with Crippen LogP contribution >= 0.6 is 23.8 Å². The molecule has 0 atom stereocenters. The lowest BCUT2D eigenvalue weighted by Gasteiger charge is -2.15. The maximum absolute atomic E-state index is 13.4. The molecule has 1 fully saturated rings. The van der Waals surface area contributed by atoms with Crippen molar-refractivity contribution in [3.8, 4) is 0 Å². The highest BCUT2D eigenvalue weighted by Gasteiger charge is 2.32. The van der Waals surface area contributed by atoms with Crippen molar-refractivity contribution in [2.24, 2.45) is 0 Å². The van der Waals surface area contributed by atoms with Gasteiger partial charge in [0.25, 0.3) is 5.91 Å². The summed E-state index contributed by atoms with van der Waals surface area (Å²) in [7, 11) is 0. The van der Waals surface area contributed by atoms with E-state index in [9.17, 15) is 4.79 Å². The summed E-state index contributed by atoms with van der Waals surface area (Å²) < 4.78 is 2.22. The summed E-state index contributed by atoms with van der Waals surface area (Å²) in [4.78, 5) is 15.0. The molecular weight excluding hydrogens is 474 g/mol. The predicted octanol–water partition coefficient (Wildman–Crippen LogP) is 6.78. The number of nitrogens with zero attached hydrogens (tertiary/aromatic N) is 2. The zero-order valence-electron chi connectivity index (χ0n) is 19.9. The van der Waals surface area contributed by atoms with E-state index in [1.54, 1.807) is 4.90 Å². The van der Waals surface area contributed by atoms with Crippen molar-refractivity contribution in [3.05, 3.63) is 105 Å². The SMILES string of the molecule is CCc1cccc2c(/C=C3\NC(=S)N(c4ccc(C)c(C)c4)C3=O)cn(Cc3ccccc3Cl)c12. The predicted molar refractivity (Wildman–Crippen MR) is 149 cm³/mol. The quantitative estimate of drug-likeness (QED) is 0.243. The van der Waals surface area contributed by atoms with Crippen molar-refractivity contribution >= 4 is 57.5 Å². The number of thiocarbonyl (C=S) groups is 1. The molecule has 1 aliphatic rings. The Bertz CT molecular complexity index is 1520. The second-order valence-electron chi connectivity index (χ2n) is 8.87. The van der Waals surface area contributed by atoms with E-state index in [4.69, 9.17) is 23.8 Å². The molecule has 0 spiro atoms. The van der Waals surface area contributed by atoms with E-state index in [0.29, 0.717) is 17.4 Å². The molecule has 6 heteroatoms. The van der Waals surface area contributed by atoms with Gasteiger partial charge in [0.1, 0.15) is 5.70 Å². The van der Waals surface area contributed by atoms with Gasteiger partial charge in [0.15, 0.2) is 5.11 Å². The number of aromatic nitrogens is 1. The Morgan fingerprint density at radius 1 is 1.00 bits per heavy atom. The smallest absolute Gasteiger partial charge is 0.281 e. The van der Waals surface area contributed by atoms with Crippen LogP contribution in [-0.4, -0.2) is 15.6 Å². The highest BCUT2D eigenvalue weighted by Crippen LogP contribution is 2.31. The first-order valence-electron chi connectivity index (χ1n) is 11.7. The van der Waals surface area contributed by atoms with Gasteiger partial charge in [-0.25, -0.2) is 0 Å². The minimum Gasteiger partial charge on any atom is -0.342 e. The van der Waals surface area contributed by atoms with Crippen molar-refractivity contribution in [2.45, 2.75) is 33.7 Å². The van der Waals surface area contributed by atoms with E-state index in [0.717, 1.165) is 44.7 Å². The molecule has 0 bridgehead atoms. The van der Waals surface area contributed by atoms with Crippen LogP contribution < -0.4 is 10.2 Å². The van der Waals surface area contributed by atoms with Gasteiger partial charge in [-0.2, -0.15) is 0 Å². The van der Waals surface area contributed by atoms with Crippen LogP contribution in [0.5, 0.6) is 0 Å². The minimum atomic E-state index is -0.156. The fourth-order valence-electron chi connectivity index (χ4n) is 4.59. The summed E-state index contributed by atoms with van der Waals surface area (Å²) in [6.45, 7) is 6.88. The number of hydrogen-bond acceptors (Lipinski definition) is 2. The first kappa shape index (κ1) is 23.3. The van der Waals surface area contributed by atoms with Crippen LogP contribution in [0.3, 0.4) is 0 Å². The summed E-state index contributed by atoms with van der Waals surface area (Å²) in [5, 5.41) is 5.35. The van der Waals surface area contributed by atoms with Gasteiger partial charge >= 0.3 is 0 Å². The first-order valence-corrected chi connectivity index (χ1v) is 12.4. The van der Waals surface area contributed by atoms with Crippen molar-refractivity contribution in [1.29, 1.82) is 0 Å². The molecule has 1 aliphatic heterocycles. The second kappa shape index (κ2) is 9.33. The number of nitrogens with one attached hydrogen (secondary N) is 1. The standard InChI is InChI=1S/C29H26ClN3OS/c1-4-20-9-7-10-24-22(17-32(27(20)24)16-21-8-5-6-11-25(21)30)15-26-28(34)33(29(35)31-26)23-13-12-18(2)19(3)14-23/h5-15,17H,4,16H2,1-3H3,(H,31,35)/b26-15-. The molecule has 1 amide bonds. The Labute approximate surface area is 215 Å². The summed E-state index contributed by atoms with van der Waals surface area (Å²) >= 11 is 12.0. The number of amides is 1. The normalized spacial score (nSPS) is 14.9. The molecule has 5 rings (SSSR count). The molecule has 2 heterocycles. The number of fused-ring (bicyclic) bond motifs is 1. The third kappa shape index (κ3) is 4.26. The lowest BCUT2D eigenvalue weighted by molar-refractivity contribution is -0.113.